The summed E-state index contributed by atoms with van der Waals surface area (Å²) in [6, 6.07) is 0. The summed E-state index contributed by atoms with van der Waals surface area (Å²) in [6.45, 7) is 4.62. The highest BCUT2D eigenvalue weighted by molar-refractivity contribution is 7.15. The molecule has 0 aliphatic heterocycles. The Morgan fingerprint density at radius 1 is 1.46 bits per heavy atom. The smallest absolute Gasteiger partial charge is 0.203 e. The molecule has 0 saturated heterocycles. The second-order valence-electron chi connectivity index (χ2n) is 4.41. The topological polar surface area (TPSA) is 51.8 Å². The van der Waals surface area contributed by atoms with Crippen LogP contribution in [0.15, 0.2) is 0 Å². The van der Waals surface area contributed by atoms with Crippen molar-refractivity contribution in [3.63, 3.8) is 0 Å². The van der Waals surface area contributed by atoms with E-state index in [1.165, 1.54) is 19.3 Å². The van der Waals surface area contributed by atoms with Gasteiger partial charge in [-0.1, -0.05) is 31.6 Å². The zero-order valence-corrected chi connectivity index (χ0v) is 8.90. The number of hydrogen-bond donors (Lipinski definition) is 1. The third kappa shape index (κ3) is 1.55. The van der Waals surface area contributed by atoms with E-state index >= 15 is 0 Å². The zero-order valence-electron chi connectivity index (χ0n) is 8.08. The second-order valence-corrected chi connectivity index (χ2v) is 5.45. The van der Waals surface area contributed by atoms with E-state index in [0.29, 0.717) is 16.5 Å². The molecule has 1 aliphatic rings. The molecule has 4 heteroatoms. The largest absolute Gasteiger partial charge is 0.374 e. The lowest BCUT2D eigenvalue weighted by Crippen LogP contribution is -2.15. The maximum atomic E-state index is 5.58. The van der Waals surface area contributed by atoms with Gasteiger partial charge in [0.1, 0.15) is 5.01 Å². The van der Waals surface area contributed by atoms with Crippen molar-refractivity contribution in [2.24, 2.45) is 5.41 Å². The Labute approximate surface area is 82.4 Å². The first-order valence-corrected chi connectivity index (χ1v) is 5.50. The molecule has 0 spiro atoms. The van der Waals surface area contributed by atoms with Gasteiger partial charge in [0.15, 0.2) is 0 Å². The molecule has 2 rings (SSSR count). The number of aromatic nitrogens is 2. The summed E-state index contributed by atoms with van der Waals surface area (Å²) in [5.41, 5.74) is 5.96. The highest BCUT2D eigenvalue weighted by Crippen LogP contribution is 2.49. The van der Waals surface area contributed by atoms with Gasteiger partial charge >= 0.3 is 0 Å². The van der Waals surface area contributed by atoms with Crippen molar-refractivity contribution in [1.29, 1.82) is 0 Å². The van der Waals surface area contributed by atoms with Crippen LogP contribution in [0, 0.1) is 5.41 Å². The molecule has 1 aromatic rings. The molecule has 1 unspecified atom stereocenters. The molecule has 13 heavy (non-hydrogen) atoms. The van der Waals surface area contributed by atoms with Crippen molar-refractivity contribution in [2.45, 2.75) is 39.0 Å². The third-order valence-corrected chi connectivity index (χ3v) is 3.88. The van der Waals surface area contributed by atoms with Crippen molar-refractivity contribution in [1.82, 2.24) is 10.2 Å². The van der Waals surface area contributed by atoms with Crippen LogP contribution in [0.5, 0.6) is 0 Å². The molecule has 3 nitrogen and oxygen atoms in total. The predicted molar refractivity (Wildman–Crippen MR) is 54.7 cm³/mol. The molecular weight excluding hydrogens is 182 g/mol. The zero-order chi connectivity index (χ0) is 9.47. The molecule has 0 aromatic carbocycles. The molecule has 1 fully saturated rings. The summed E-state index contributed by atoms with van der Waals surface area (Å²) in [5.74, 6) is 0.572. The van der Waals surface area contributed by atoms with E-state index in [2.05, 4.69) is 24.0 Å². The van der Waals surface area contributed by atoms with E-state index in [1.807, 2.05) is 0 Å². The van der Waals surface area contributed by atoms with Crippen LogP contribution in [-0.4, -0.2) is 10.2 Å². The number of nitrogen functional groups attached to an aromatic ring is 1. The molecule has 1 aliphatic carbocycles. The van der Waals surface area contributed by atoms with Crippen LogP contribution in [0.4, 0.5) is 5.13 Å². The average Bonchev–Trinajstić information content (AvgIpc) is 2.56. The quantitative estimate of drug-likeness (QED) is 0.752. The van der Waals surface area contributed by atoms with Crippen LogP contribution in [0.2, 0.25) is 0 Å². The Morgan fingerprint density at radius 2 is 2.23 bits per heavy atom. The van der Waals surface area contributed by atoms with Gasteiger partial charge in [-0.3, -0.25) is 0 Å². The Hall–Kier alpha value is -0.640. The third-order valence-electron chi connectivity index (χ3n) is 3.01. The highest BCUT2D eigenvalue weighted by atomic mass is 32.1. The fraction of sp³-hybridized carbons (Fsp3) is 0.778. The summed E-state index contributed by atoms with van der Waals surface area (Å²) in [6.07, 6.45) is 3.83. The van der Waals surface area contributed by atoms with Crippen molar-refractivity contribution in [3.05, 3.63) is 5.01 Å². The first kappa shape index (κ1) is 8.94. The molecule has 0 bridgehead atoms. The van der Waals surface area contributed by atoms with Crippen LogP contribution in [0.3, 0.4) is 0 Å². The fourth-order valence-electron chi connectivity index (χ4n) is 2.17. The number of rotatable bonds is 1. The molecule has 0 radical (unpaired) electrons. The van der Waals surface area contributed by atoms with Crippen LogP contribution >= 0.6 is 11.3 Å². The minimum Gasteiger partial charge on any atom is -0.374 e. The second kappa shape index (κ2) is 2.94. The van der Waals surface area contributed by atoms with E-state index < -0.39 is 0 Å². The van der Waals surface area contributed by atoms with Gasteiger partial charge in [0, 0.05) is 5.92 Å². The van der Waals surface area contributed by atoms with Gasteiger partial charge in [-0.05, 0) is 18.3 Å². The molecule has 1 heterocycles. The van der Waals surface area contributed by atoms with E-state index in [9.17, 15) is 0 Å². The lowest BCUT2D eigenvalue weighted by atomic mass is 9.82. The SMILES string of the molecule is CC1(C)CCCC1c1nnc(N)s1. The molecule has 1 atom stereocenters. The number of hydrogen-bond acceptors (Lipinski definition) is 4. The van der Waals surface area contributed by atoms with Crippen LogP contribution in [0.1, 0.15) is 44.0 Å². The number of nitrogens with two attached hydrogens (primary N) is 1. The van der Waals surface area contributed by atoms with Gasteiger partial charge in [-0.15, -0.1) is 10.2 Å². The van der Waals surface area contributed by atoms with Crippen LogP contribution in [-0.2, 0) is 0 Å². The van der Waals surface area contributed by atoms with Gasteiger partial charge in [-0.2, -0.15) is 0 Å². The Bertz CT molecular complexity index is 306. The molecule has 0 amide bonds. The van der Waals surface area contributed by atoms with Gasteiger partial charge in [-0.25, -0.2) is 0 Å². The van der Waals surface area contributed by atoms with Crippen LogP contribution < -0.4 is 5.73 Å². The first-order chi connectivity index (χ1) is 6.09. The maximum Gasteiger partial charge on any atom is 0.203 e. The Balaban J connectivity index is 2.26. The van der Waals surface area contributed by atoms with Crippen molar-refractivity contribution < 1.29 is 0 Å². The summed E-state index contributed by atoms with van der Waals surface area (Å²) in [7, 11) is 0. The minimum absolute atomic E-state index is 0.381. The Morgan fingerprint density at radius 3 is 2.69 bits per heavy atom. The minimum atomic E-state index is 0.381. The monoisotopic (exact) mass is 197 g/mol. The van der Waals surface area contributed by atoms with Crippen LogP contribution in [0.25, 0.3) is 0 Å². The van der Waals surface area contributed by atoms with Crippen molar-refractivity contribution in [3.8, 4) is 0 Å². The normalized spacial score (nSPS) is 26.5. The standard InChI is InChI=1S/C9H15N3S/c1-9(2)5-3-4-6(9)7-11-12-8(10)13-7/h6H,3-5H2,1-2H3,(H2,10,12). The van der Waals surface area contributed by atoms with E-state index in [4.69, 9.17) is 5.73 Å². The van der Waals surface area contributed by atoms with Gasteiger partial charge in [0.2, 0.25) is 5.13 Å². The van der Waals surface area contributed by atoms with E-state index in [1.54, 1.807) is 11.3 Å². The lowest BCUT2D eigenvalue weighted by Gasteiger charge is -2.24. The van der Waals surface area contributed by atoms with Crippen molar-refractivity contribution in [2.75, 3.05) is 5.73 Å². The number of anilines is 1. The average molecular weight is 197 g/mol. The maximum absolute atomic E-state index is 5.58. The molecular formula is C9H15N3S. The van der Waals surface area contributed by atoms with Gasteiger partial charge in [0.25, 0.3) is 0 Å². The summed E-state index contributed by atoms with van der Waals surface area (Å²) in [5, 5.41) is 9.73. The summed E-state index contributed by atoms with van der Waals surface area (Å²) in [4.78, 5) is 0. The van der Waals surface area contributed by atoms with E-state index in [0.717, 1.165) is 5.01 Å². The van der Waals surface area contributed by atoms with Gasteiger partial charge < -0.3 is 5.73 Å². The molecule has 1 aromatic heterocycles. The van der Waals surface area contributed by atoms with E-state index in [-0.39, 0.29) is 0 Å². The molecule has 2 N–H and O–H groups in total. The predicted octanol–water partition coefficient (Wildman–Crippen LogP) is 2.41. The van der Waals surface area contributed by atoms with Crippen molar-refractivity contribution >= 4 is 16.5 Å². The Kier molecular flexibility index (Phi) is 2.02. The molecule has 1 saturated carbocycles. The highest BCUT2D eigenvalue weighted by Gasteiger charge is 2.37. The summed E-state index contributed by atoms with van der Waals surface area (Å²) >= 11 is 1.54. The van der Waals surface area contributed by atoms with Gasteiger partial charge in [0.05, 0.1) is 0 Å². The fourth-order valence-corrected chi connectivity index (χ4v) is 3.13. The summed E-state index contributed by atoms with van der Waals surface area (Å²) < 4.78 is 0. The number of nitrogens with zero attached hydrogens (tertiary/aromatic N) is 2. The first-order valence-electron chi connectivity index (χ1n) is 4.68. The molecule has 72 valence electrons. The lowest BCUT2D eigenvalue weighted by molar-refractivity contribution is 0.330.